The molecule has 0 spiro atoms. The Hall–Kier alpha value is -2.37. The number of non-ortho nitro benzene ring substituents is 1. The van der Waals surface area contributed by atoms with Crippen LogP contribution in [0.3, 0.4) is 0 Å². The summed E-state index contributed by atoms with van der Waals surface area (Å²) in [6, 6.07) is 6.25. The molecule has 1 fully saturated rings. The van der Waals surface area contributed by atoms with Gasteiger partial charge in [-0.05, 0) is 31.4 Å². The minimum absolute atomic E-state index is 0.0547. The molecule has 0 aliphatic carbocycles. The molecule has 1 aromatic rings. The number of carbonyl (C=O) groups is 1. The molecule has 1 unspecified atom stereocenters. The number of nitro groups is 1. The summed E-state index contributed by atoms with van der Waals surface area (Å²) < 4.78 is 4.75. The number of ether oxygens (including phenoxy) is 1. The van der Waals surface area contributed by atoms with Crippen molar-refractivity contribution in [1.29, 1.82) is 0 Å². The topological polar surface area (TPSA) is 72.7 Å². The van der Waals surface area contributed by atoms with Crippen molar-refractivity contribution < 1.29 is 14.5 Å². The van der Waals surface area contributed by atoms with Gasteiger partial charge in [0.05, 0.1) is 23.6 Å². The van der Waals surface area contributed by atoms with Crippen molar-refractivity contribution in [3.63, 3.8) is 0 Å². The first kappa shape index (κ1) is 15.0. The predicted octanol–water partition coefficient (Wildman–Crippen LogP) is 2.68. The molecule has 0 aromatic heterocycles. The third kappa shape index (κ3) is 3.21. The van der Waals surface area contributed by atoms with Gasteiger partial charge < -0.3 is 9.64 Å². The van der Waals surface area contributed by atoms with Crippen molar-refractivity contribution in [3.8, 4) is 0 Å². The van der Waals surface area contributed by atoms with E-state index in [0.29, 0.717) is 5.57 Å². The largest absolute Gasteiger partial charge is 0.466 e. The molecule has 0 bridgehead atoms. The zero-order valence-electron chi connectivity index (χ0n) is 11.9. The van der Waals surface area contributed by atoms with Gasteiger partial charge in [0.25, 0.3) is 5.69 Å². The predicted molar refractivity (Wildman–Crippen MR) is 79.2 cm³/mol. The molecule has 6 heteroatoms. The first-order valence-corrected chi connectivity index (χ1v) is 6.83. The minimum Gasteiger partial charge on any atom is -0.466 e. The van der Waals surface area contributed by atoms with Gasteiger partial charge in [-0.2, -0.15) is 0 Å². The molecule has 112 valence electrons. The van der Waals surface area contributed by atoms with Crippen LogP contribution in [-0.4, -0.2) is 30.6 Å². The third-order valence-corrected chi connectivity index (χ3v) is 3.74. The quantitative estimate of drug-likeness (QED) is 0.369. The summed E-state index contributed by atoms with van der Waals surface area (Å²) in [5.74, 6) is -0.409. The summed E-state index contributed by atoms with van der Waals surface area (Å²) in [6.07, 6.45) is 2.86. The molecular weight excluding hydrogens is 272 g/mol. The molecule has 1 aliphatic rings. The van der Waals surface area contributed by atoms with E-state index in [2.05, 4.69) is 11.5 Å². The Morgan fingerprint density at radius 2 is 2.05 bits per heavy atom. The van der Waals surface area contributed by atoms with Crippen molar-refractivity contribution in [2.75, 3.05) is 18.6 Å². The second kappa shape index (κ2) is 6.39. The maximum atomic E-state index is 11.7. The van der Waals surface area contributed by atoms with Crippen LogP contribution in [-0.2, 0) is 9.53 Å². The number of piperidine rings is 1. The number of rotatable bonds is 4. The van der Waals surface area contributed by atoms with E-state index in [4.69, 9.17) is 4.74 Å². The van der Waals surface area contributed by atoms with E-state index < -0.39 is 10.9 Å². The zero-order valence-corrected chi connectivity index (χ0v) is 11.9. The molecule has 0 amide bonds. The van der Waals surface area contributed by atoms with Crippen LogP contribution in [0.2, 0.25) is 0 Å². The zero-order chi connectivity index (χ0) is 15.4. The van der Waals surface area contributed by atoms with Crippen LogP contribution in [0, 0.1) is 10.1 Å². The number of nitro benzene ring substituents is 1. The normalized spacial score (nSPS) is 18.1. The summed E-state index contributed by atoms with van der Waals surface area (Å²) in [5.41, 5.74) is 1.34. The van der Waals surface area contributed by atoms with Crippen LogP contribution >= 0.6 is 0 Å². The lowest BCUT2D eigenvalue weighted by Crippen LogP contribution is -2.42. The highest BCUT2D eigenvalue weighted by Crippen LogP contribution is 2.29. The molecule has 1 saturated heterocycles. The Kier molecular flexibility index (Phi) is 4.57. The van der Waals surface area contributed by atoms with Gasteiger partial charge in [0.15, 0.2) is 0 Å². The molecule has 2 rings (SSSR count). The SMILES string of the molecule is C=C(C(=O)OC)C1CCCCN1c1ccc([N+](=O)[O-])cc1. The van der Waals surface area contributed by atoms with E-state index >= 15 is 0 Å². The van der Waals surface area contributed by atoms with Gasteiger partial charge in [-0.3, -0.25) is 10.1 Å². The van der Waals surface area contributed by atoms with Crippen molar-refractivity contribution >= 4 is 17.3 Å². The van der Waals surface area contributed by atoms with Crippen LogP contribution in [0.4, 0.5) is 11.4 Å². The number of hydrogen-bond acceptors (Lipinski definition) is 5. The summed E-state index contributed by atoms with van der Waals surface area (Å²) in [6.45, 7) is 4.64. The average Bonchev–Trinajstić information content (AvgIpc) is 2.53. The average molecular weight is 290 g/mol. The van der Waals surface area contributed by atoms with Gasteiger partial charge in [-0.25, -0.2) is 4.79 Å². The van der Waals surface area contributed by atoms with Gasteiger partial charge in [0.2, 0.25) is 0 Å². The Labute approximate surface area is 123 Å². The fourth-order valence-electron chi connectivity index (χ4n) is 2.64. The van der Waals surface area contributed by atoms with Crippen molar-refractivity contribution in [3.05, 3.63) is 46.5 Å². The fraction of sp³-hybridized carbons (Fsp3) is 0.400. The number of benzene rings is 1. The monoisotopic (exact) mass is 290 g/mol. The van der Waals surface area contributed by atoms with Crippen LogP contribution in [0.15, 0.2) is 36.4 Å². The van der Waals surface area contributed by atoms with Gasteiger partial charge in [0.1, 0.15) is 0 Å². The first-order chi connectivity index (χ1) is 10.0. The lowest BCUT2D eigenvalue weighted by atomic mass is 9.95. The lowest BCUT2D eigenvalue weighted by Gasteiger charge is -2.37. The van der Waals surface area contributed by atoms with E-state index in [1.807, 2.05) is 0 Å². The maximum Gasteiger partial charge on any atom is 0.335 e. The van der Waals surface area contributed by atoms with Gasteiger partial charge in [-0.15, -0.1) is 0 Å². The van der Waals surface area contributed by atoms with Crippen molar-refractivity contribution in [2.45, 2.75) is 25.3 Å². The molecule has 0 radical (unpaired) electrons. The summed E-state index contributed by atoms with van der Waals surface area (Å²) >= 11 is 0. The molecule has 21 heavy (non-hydrogen) atoms. The molecule has 1 heterocycles. The van der Waals surface area contributed by atoms with Gasteiger partial charge >= 0.3 is 5.97 Å². The molecule has 0 N–H and O–H groups in total. The third-order valence-electron chi connectivity index (χ3n) is 3.74. The highest BCUT2D eigenvalue weighted by molar-refractivity contribution is 5.90. The molecular formula is C15H18N2O4. The molecule has 1 atom stereocenters. The second-order valence-corrected chi connectivity index (χ2v) is 5.00. The van der Waals surface area contributed by atoms with Crippen molar-refractivity contribution in [1.82, 2.24) is 0 Å². The van der Waals surface area contributed by atoms with Crippen molar-refractivity contribution in [2.24, 2.45) is 0 Å². The Morgan fingerprint density at radius 1 is 1.38 bits per heavy atom. The van der Waals surface area contributed by atoms with E-state index in [9.17, 15) is 14.9 Å². The number of carbonyl (C=O) groups excluding carboxylic acids is 1. The first-order valence-electron chi connectivity index (χ1n) is 6.83. The van der Waals surface area contributed by atoms with Gasteiger partial charge in [0, 0.05) is 24.4 Å². The number of anilines is 1. The smallest absolute Gasteiger partial charge is 0.335 e. The standard InChI is InChI=1S/C15H18N2O4/c1-11(15(18)21-2)14-5-3-4-10-16(14)12-6-8-13(9-7-12)17(19)20/h6-9,14H,1,3-5,10H2,2H3. The Balaban J connectivity index is 2.24. The Bertz CT molecular complexity index is 553. The molecule has 1 aromatic carbocycles. The van der Waals surface area contributed by atoms with Crippen LogP contribution in [0.25, 0.3) is 0 Å². The highest BCUT2D eigenvalue weighted by atomic mass is 16.6. The van der Waals surface area contributed by atoms with Crippen LogP contribution in [0.5, 0.6) is 0 Å². The summed E-state index contributed by atoms with van der Waals surface area (Å²) in [4.78, 5) is 24.0. The number of nitrogens with zero attached hydrogens (tertiary/aromatic N) is 2. The van der Waals surface area contributed by atoms with E-state index in [0.717, 1.165) is 31.5 Å². The van der Waals surface area contributed by atoms with Crippen LogP contribution in [0.1, 0.15) is 19.3 Å². The van der Waals surface area contributed by atoms with E-state index in [1.54, 1.807) is 12.1 Å². The summed E-state index contributed by atoms with van der Waals surface area (Å²) in [5, 5.41) is 10.7. The number of methoxy groups -OCH3 is 1. The lowest BCUT2D eigenvalue weighted by molar-refractivity contribution is -0.384. The second-order valence-electron chi connectivity index (χ2n) is 5.00. The van der Waals surface area contributed by atoms with Gasteiger partial charge in [-0.1, -0.05) is 6.58 Å². The number of hydrogen-bond donors (Lipinski definition) is 0. The highest BCUT2D eigenvalue weighted by Gasteiger charge is 2.29. The fourth-order valence-corrected chi connectivity index (χ4v) is 2.64. The number of esters is 1. The maximum absolute atomic E-state index is 11.7. The molecule has 6 nitrogen and oxygen atoms in total. The minimum atomic E-state index is -0.426. The molecule has 0 saturated carbocycles. The Morgan fingerprint density at radius 3 is 2.62 bits per heavy atom. The van der Waals surface area contributed by atoms with E-state index in [1.165, 1.54) is 19.2 Å². The van der Waals surface area contributed by atoms with E-state index in [-0.39, 0.29) is 11.7 Å². The summed E-state index contributed by atoms with van der Waals surface area (Å²) in [7, 11) is 1.34. The molecule has 1 aliphatic heterocycles. The van der Waals surface area contributed by atoms with Crippen LogP contribution < -0.4 is 4.90 Å².